The summed E-state index contributed by atoms with van der Waals surface area (Å²) < 4.78 is 12.3. The van der Waals surface area contributed by atoms with E-state index in [1.54, 1.807) is 31.6 Å². The van der Waals surface area contributed by atoms with Gasteiger partial charge >= 0.3 is 0 Å². The molecular weight excluding hydrogens is 262 g/mol. The van der Waals surface area contributed by atoms with Crippen LogP contribution in [-0.2, 0) is 0 Å². The first-order valence-corrected chi connectivity index (χ1v) is 6.58. The molecule has 0 aliphatic heterocycles. The van der Waals surface area contributed by atoms with Gasteiger partial charge in [-0.2, -0.15) is 4.98 Å². The minimum Gasteiger partial charge on any atom is -0.482 e. The summed E-state index contributed by atoms with van der Waals surface area (Å²) in [5, 5.41) is 0. The molecule has 0 saturated carbocycles. The SMILES string of the molecule is COc1cc(OC)n2cc(-c3ccc(C)s3)nc2n1. The summed E-state index contributed by atoms with van der Waals surface area (Å²) in [6.45, 7) is 2.08. The summed E-state index contributed by atoms with van der Waals surface area (Å²) >= 11 is 1.70. The highest BCUT2D eigenvalue weighted by Crippen LogP contribution is 2.29. The van der Waals surface area contributed by atoms with E-state index in [-0.39, 0.29) is 0 Å². The van der Waals surface area contributed by atoms with E-state index in [1.165, 1.54) is 4.88 Å². The number of hydrogen-bond acceptors (Lipinski definition) is 5. The normalized spacial score (nSPS) is 10.9. The number of imidazole rings is 1. The molecule has 0 N–H and O–H groups in total. The smallest absolute Gasteiger partial charge is 0.240 e. The number of nitrogens with zero attached hydrogens (tertiary/aromatic N) is 3. The number of thiophene rings is 1. The van der Waals surface area contributed by atoms with Crippen LogP contribution in [0.3, 0.4) is 0 Å². The van der Waals surface area contributed by atoms with Crippen LogP contribution in [0.25, 0.3) is 16.3 Å². The van der Waals surface area contributed by atoms with Gasteiger partial charge in [0.1, 0.15) is 5.69 Å². The fourth-order valence-electron chi connectivity index (χ4n) is 1.87. The molecule has 0 radical (unpaired) electrons. The third kappa shape index (κ3) is 2.04. The van der Waals surface area contributed by atoms with Gasteiger partial charge in [0.25, 0.3) is 0 Å². The number of fused-ring (bicyclic) bond motifs is 1. The predicted molar refractivity (Wildman–Crippen MR) is 74.1 cm³/mol. The molecule has 0 aromatic carbocycles. The first kappa shape index (κ1) is 12.0. The van der Waals surface area contributed by atoms with Crippen LogP contribution >= 0.6 is 11.3 Å². The molecule has 3 rings (SSSR count). The Morgan fingerprint density at radius 3 is 2.63 bits per heavy atom. The zero-order chi connectivity index (χ0) is 13.4. The van der Waals surface area contributed by atoms with Gasteiger partial charge in [-0.25, -0.2) is 4.98 Å². The van der Waals surface area contributed by atoms with Gasteiger partial charge in [0.2, 0.25) is 17.5 Å². The maximum atomic E-state index is 5.33. The van der Waals surface area contributed by atoms with Crippen LogP contribution in [0.2, 0.25) is 0 Å². The number of ether oxygens (including phenoxy) is 2. The third-order valence-electron chi connectivity index (χ3n) is 2.79. The highest BCUT2D eigenvalue weighted by atomic mass is 32.1. The second-order valence-electron chi connectivity index (χ2n) is 4.05. The second-order valence-corrected chi connectivity index (χ2v) is 5.34. The Kier molecular flexibility index (Phi) is 2.87. The minimum absolute atomic E-state index is 0.490. The summed E-state index contributed by atoms with van der Waals surface area (Å²) in [6.07, 6.45) is 1.92. The van der Waals surface area contributed by atoms with Crippen LogP contribution in [0.1, 0.15) is 4.88 Å². The number of rotatable bonds is 3. The van der Waals surface area contributed by atoms with Crippen molar-refractivity contribution in [2.24, 2.45) is 0 Å². The van der Waals surface area contributed by atoms with Gasteiger partial charge in [-0.05, 0) is 19.1 Å². The molecule has 0 atom stereocenters. The summed E-state index contributed by atoms with van der Waals surface area (Å²) in [5.41, 5.74) is 0.886. The van der Waals surface area contributed by atoms with Gasteiger partial charge in [-0.3, -0.25) is 4.40 Å². The molecule has 19 heavy (non-hydrogen) atoms. The number of aryl methyl sites for hydroxylation is 1. The standard InChI is InChI=1S/C13H13N3O2S/c1-8-4-5-10(19-8)9-7-16-12(18-3)6-11(17-2)15-13(16)14-9/h4-7H,1-3H3. The lowest BCUT2D eigenvalue weighted by molar-refractivity contribution is 0.369. The molecule has 0 aliphatic rings. The van der Waals surface area contributed by atoms with E-state index >= 15 is 0 Å². The Hall–Kier alpha value is -2.08. The lowest BCUT2D eigenvalue weighted by Crippen LogP contribution is -1.97. The maximum absolute atomic E-state index is 5.33. The molecule has 0 aliphatic carbocycles. The lowest BCUT2D eigenvalue weighted by Gasteiger charge is -2.04. The maximum Gasteiger partial charge on any atom is 0.240 e. The van der Waals surface area contributed by atoms with Crippen LogP contribution in [-0.4, -0.2) is 28.6 Å². The van der Waals surface area contributed by atoms with Crippen molar-refractivity contribution in [2.45, 2.75) is 6.92 Å². The highest BCUT2D eigenvalue weighted by Gasteiger charge is 2.12. The average Bonchev–Trinajstić information content (AvgIpc) is 3.02. The molecule has 0 spiro atoms. The van der Waals surface area contributed by atoms with E-state index in [0.29, 0.717) is 17.5 Å². The Balaban J connectivity index is 2.19. The first-order chi connectivity index (χ1) is 9.21. The Morgan fingerprint density at radius 1 is 1.16 bits per heavy atom. The van der Waals surface area contributed by atoms with Crippen molar-refractivity contribution in [1.29, 1.82) is 0 Å². The number of methoxy groups -OCH3 is 2. The minimum atomic E-state index is 0.490. The first-order valence-electron chi connectivity index (χ1n) is 5.76. The molecular formula is C13H13N3O2S. The molecule has 5 nitrogen and oxygen atoms in total. The molecule has 0 bridgehead atoms. The topological polar surface area (TPSA) is 48.7 Å². The van der Waals surface area contributed by atoms with Gasteiger partial charge in [-0.1, -0.05) is 0 Å². The Labute approximate surface area is 114 Å². The van der Waals surface area contributed by atoms with Gasteiger partial charge in [0, 0.05) is 11.1 Å². The van der Waals surface area contributed by atoms with Crippen molar-refractivity contribution in [3.05, 3.63) is 29.3 Å². The molecule has 0 amide bonds. The highest BCUT2D eigenvalue weighted by molar-refractivity contribution is 7.15. The predicted octanol–water partition coefficient (Wildman–Crippen LogP) is 2.78. The number of aromatic nitrogens is 3. The Morgan fingerprint density at radius 2 is 2.00 bits per heavy atom. The fourth-order valence-corrected chi connectivity index (χ4v) is 2.69. The van der Waals surface area contributed by atoms with Gasteiger partial charge in [-0.15, -0.1) is 11.3 Å². The fraction of sp³-hybridized carbons (Fsp3) is 0.231. The summed E-state index contributed by atoms with van der Waals surface area (Å²) in [7, 11) is 3.19. The zero-order valence-electron chi connectivity index (χ0n) is 10.9. The van der Waals surface area contributed by atoms with Gasteiger partial charge in [0.15, 0.2) is 0 Å². The monoisotopic (exact) mass is 275 g/mol. The van der Waals surface area contributed by atoms with E-state index < -0.39 is 0 Å². The van der Waals surface area contributed by atoms with E-state index in [0.717, 1.165) is 10.6 Å². The summed E-state index contributed by atoms with van der Waals surface area (Å²) in [6, 6.07) is 5.87. The van der Waals surface area contributed by atoms with Gasteiger partial charge in [0.05, 0.1) is 25.2 Å². The molecule has 3 aromatic heterocycles. The van der Waals surface area contributed by atoms with Crippen molar-refractivity contribution in [3.8, 4) is 22.3 Å². The van der Waals surface area contributed by atoms with E-state index in [4.69, 9.17) is 9.47 Å². The van der Waals surface area contributed by atoms with Crippen molar-refractivity contribution in [2.75, 3.05) is 14.2 Å². The van der Waals surface area contributed by atoms with Crippen LogP contribution in [0.5, 0.6) is 11.8 Å². The van der Waals surface area contributed by atoms with Crippen molar-refractivity contribution in [1.82, 2.24) is 14.4 Å². The van der Waals surface area contributed by atoms with Gasteiger partial charge < -0.3 is 9.47 Å². The zero-order valence-corrected chi connectivity index (χ0v) is 11.7. The number of hydrogen-bond donors (Lipinski definition) is 0. The molecule has 3 aromatic rings. The largest absolute Gasteiger partial charge is 0.482 e. The average molecular weight is 275 g/mol. The van der Waals surface area contributed by atoms with E-state index in [9.17, 15) is 0 Å². The lowest BCUT2D eigenvalue weighted by atomic mass is 10.4. The van der Waals surface area contributed by atoms with E-state index in [1.807, 2.05) is 10.6 Å². The van der Waals surface area contributed by atoms with E-state index in [2.05, 4.69) is 29.0 Å². The molecule has 0 fully saturated rings. The Bertz CT molecular complexity index is 733. The third-order valence-corrected chi connectivity index (χ3v) is 3.82. The van der Waals surface area contributed by atoms with Crippen LogP contribution in [0, 0.1) is 6.92 Å². The summed E-state index contributed by atoms with van der Waals surface area (Å²) in [4.78, 5) is 11.2. The second kappa shape index (κ2) is 4.55. The van der Waals surface area contributed by atoms with Crippen molar-refractivity contribution >= 4 is 17.1 Å². The summed E-state index contributed by atoms with van der Waals surface area (Å²) in [5.74, 6) is 1.70. The molecule has 3 heterocycles. The molecule has 0 saturated heterocycles. The van der Waals surface area contributed by atoms with Crippen molar-refractivity contribution < 1.29 is 9.47 Å². The molecule has 98 valence electrons. The molecule has 6 heteroatoms. The quantitative estimate of drug-likeness (QED) is 0.737. The van der Waals surface area contributed by atoms with Crippen LogP contribution in [0.15, 0.2) is 24.4 Å². The van der Waals surface area contributed by atoms with Crippen molar-refractivity contribution in [3.63, 3.8) is 0 Å². The van der Waals surface area contributed by atoms with Crippen LogP contribution in [0.4, 0.5) is 0 Å². The molecule has 0 unspecified atom stereocenters. The van der Waals surface area contributed by atoms with Crippen LogP contribution < -0.4 is 9.47 Å².